The van der Waals surface area contributed by atoms with Crippen LogP contribution >= 0.6 is 11.6 Å². The second kappa shape index (κ2) is 6.65. The average Bonchev–Trinajstić information content (AvgIpc) is 2.88. The number of hydrogen-bond donors (Lipinski definition) is 2. The van der Waals surface area contributed by atoms with Crippen LogP contribution in [0.4, 0.5) is 0 Å². The largest absolute Gasteiger partial charge is 0.485 e. The van der Waals surface area contributed by atoms with Crippen LogP contribution in [0.25, 0.3) is 0 Å². The van der Waals surface area contributed by atoms with E-state index < -0.39 is 12.0 Å². The zero-order valence-corrected chi connectivity index (χ0v) is 12.3. The van der Waals surface area contributed by atoms with Gasteiger partial charge in [0.1, 0.15) is 29.9 Å². The lowest BCUT2D eigenvalue weighted by atomic mass is 10.2. The van der Waals surface area contributed by atoms with Crippen molar-refractivity contribution in [3.8, 4) is 5.75 Å². The van der Waals surface area contributed by atoms with Gasteiger partial charge in [-0.05, 0) is 31.2 Å². The van der Waals surface area contributed by atoms with Crippen LogP contribution in [-0.4, -0.2) is 17.1 Å². The molecule has 1 aromatic carbocycles. The lowest BCUT2D eigenvalue weighted by Crippen LogP contribution is -2.32. The summed E-state index contributed by atoms with van der Waals surface area (Å²) in [5.74, 6) is 0.745. The molecule has 3 N–H and O–H groups in total. The second-order valence-corrected chi connectivity index (χ2v) is 5.08. The standard InChI is InChI=1S/C15H16ClNO4/c1-9-12(16)3-2-4-14(9)20-8-11-6-5-10(21-11)7-13(17)15(18)19/h2-6,13H,7-8,17H2,1H3,(H,18,19). The number of furan rings is 1. The predicted molar refractivity (Wildman–Crippen MR) is 78.5 cm³/mol. The van der Waals surface area contributed by atoms with E-state index in [2.05, 4.69) is 0 Å². The molecule has 1 aromatic heterocycles. The van der Waals surface area contributed by atoms with Gasteiger partial charge in [0.25, 0.3) is 0 Å². The highest BCUT2D eigenvalue weighted by atomic mass is 35.5. The number of nitrogens with two attached hydrogens (primary N) is 1. The van der Waals surface area contributed by atoms with Gasteiger partial charge in [0.2, 0.25) is 0 Å². The molecule has 0 aliphatic rings. The van der Waals surface area contributed by atoms with Crippen molar-refractivity contribution in [3.63, 3.8) is 0 Å². The third-order valence-corrected chi connectivity index (χ3v) is 3.45. The van der Waals surface area contributed by atoms with E-state index in [1.807, 2.05) is 19.1 Å². The van der Waals surface area contributed by atoms with Crippen molar-refractivity contribution < 1.29 is 19.1 Å². The minimum Gasteiger partial charge on any atom is -0.485 e. The van der Waals surface area contributed by atoms with Gasteiger partial charge in [-0.25, -0.2) is 0 Å². The normalized spacial score (nSPS) is 12.1. The molecule has 0 aliphatic heterocycles. The highest BCUT2D eigenvalue weighted by molar-refractivity contribution is 6.31. The van der Waals surface area contributed by atoms with Crippen LogP contribution in [0.5, 0.6) is 5.75 Å². The summed E-state index contributed by atoms with van der Waals surface area (Å²) in [6.45, 7) is 2.11. The SMILES string of the molecule is Cc1c(Cl)cccc1OCc1ccc(CC(N)C(=O)O)o1. The summed E-state index contributed by atoms with van der Waals surface area (Å²) in [5.41, 5.74) is 6.31. The van der Waals surface area contributed by atoms with E-state index in [-0.39, 0.29) is 13.0 Å². The van der Waals surface area contributed by atoms with Crippen molar-refractivity contribution in [2.24, 2.45) is 5.73 Å². The average molecular weight is 310 g/mol. The van der Waals surface area contributed by atoms with E-state index in [4.69, 9.17) is 31.6 Å². The third-order valence-electron chi connectivity index (χ3n) is 3.04. The first kappa shape index (κ1) is 15.4. The van der Waals surface area contributed by atoms with Crippen LogP contribution in [0.15, 0.2) is 34.7 Å². The Morgan fingerprint density at radius 1 is 1.38 bits per heavy atom. The number of carboxylic acids is 1. The lowest BCUT2D eigenvalue weighted by molar-refractivity contribution is -0.138. The molecule has 0 amide bonds. The Bertz CT molecular complexity index is 638. The molecule has 0 saturated heterocycles. The van der Waals surface area contributed by atoms with Crippen LogP contribution in [0.1, 0.15) is 17.1 Å². The summed E-state index contributed by atoms with van der Waals surface area (Å²) >= 11 is 6.01. The minimum atomic E-state index is -1.06. The lowest BCUT2D eigenvalue weighted by Gasteiger charge is -2.08. The molecule has 0 aliphatic carbocycles. The molecule has 112 valence electrons. The Labute approximate surface area is 127 Å². The summed E-state index contributed by atoms with van der Waals surface area (Å²) < 4.78 is 11.1. The zero-order chi connectivity index (χ0) is 15.4. The molecule has 1 unspecified atom stereocenters. The Balaban J connectivity index is 1.97. The molecule has 5 nitrogen and oxygen atoms in total. The fraction of sp³-hybridized carbons (Fsp3) is 0.267. The van der Waals surface area contributed by atoms with Gasteiger partial charge in [0, 0.05) is 17.0 Å². The van der Waals surface area contributed by atoms with Crippen LogP contribution < -0.4 is 10.5 Å². The Morgan fingerprint density at radius 3 is 2.81 bits per heavy atom. The maximum atomic E-state index is 10.7. The van der Waals surface area contributed by atoms with E-state index in [0.717, 1.165) is 5.56 Å². The second-order valence-electron chi connectivity index (χ2n) is 4.67. The fourth-order valence-electron chi connectivity index (χ4n) is 1.81. The van der Waals surface area contributed by atoms with Crippen molar-refractivity contribution in [2.75, 3.05) is 0 Å². The molecule has 0 fully saturated rings. The monoisotopic (exact) mass is 309 g/mol. The summed E-state index contributed by atoms with van der Waals surface area (Å²) in [4.78, 5) is 10.7. The van der Waals surface area contributed by atoms with Gasteiger partial charge in [0.15, 0.2) is 0 Å². The van der Waals surface area contributed by atoms with Gasteiger partial charge in [-0.3, -0.25) is 4.79 Å². The van der Waals surface area contributed by atoms with Gasteiger partial charge in [-0.1, -0.05) is 17.7 Å². The molecule has 0 spiro atoms. The smallest absolute Gasteiger partial charge is 0.320 e. The van der Waals surface area contributed by atoms with Crippen molar-refractivity contribution in [1.82, 2.24) is 0 Å². The molecule has 0 radical (unpaired) electrons. The van der Waals surface area contributed by atoms with Gasteiger partial charge in [-0.15, -0.1) is 0 Å². The number of hydrogen-bond acceptors (Lipinski definition) is 4. The van der Waals surface area contributed by atoms with Gasteiger partial charge in [-0.2, -0.15) is 0 Å². The maximum Gasteiger partial charge on any atom is 0.320 e. The number of rotatable bonds is 6. The Morgan fingerprint density at radius 2 is 2.10 bits per heavy atom. The molecule has 2 aromatic rings. The van der Waals surface area contributed by atoms with Crippen molar-refractivity contribution in [2.45, 2.75) is 26.0 Å². The predicted octanol–water partition coefficient (Wildman–Crippen LogP) is 2.77. The van der Waals surface area contributed by atoms with E-state index >= 15 is 0 Å². The maximum absolute atomic E-state index is 10.7. The van der Waals surface area contributed by atoms with Crippen molar-refractivity contribution in [3.05, 3.63) is 52.4 Å². The van der Waals surface area contributed by atoms with Crippen molar-refractivity contribution in [1.29, 1.82) is 0 Å². The third kappa shape index (κ3) is 4.00. The number of carbonyl (C=O) groups is 1. The van der Waals surface area contributed by atoms with Crippen LogP contribution in [-0.2, 0) is 17.8 Å². The molecular formula is C15H16ClNO4. The first-order valence-corrected chi connectivity index (χ1v) is 6.79. The van der Waals surface area contributed by atoms with Crippen LogP contribution in [0, 0.1) is 6.92 Å². The summed E-state index contributed by atoms with van der Waals surface area (Å²) in [6.07, 6.45) is 0.144. The molecular weight excluding hydrogens is 294 g/mol. The van der Waals surface area contributed by atoms with E-state index in [1.54, 1.807) is 18.2 Å². The summed E-state index contributed by atoms with van der Waals surface area (Å²) in [7, 11) is 0. The molecule has 0 saturated carbocycles. The van der Waals surface area contributed by atoms with E-state index in [0.29, 0.717) is 22.3 Å². The molecule has 21 heavy (non-hydrogen) atoms. The minimum absolute atomic E-state index is 0.144. The van der Waals surface area contributed by atoms with E-state index in [1.165, 1.54) is 0 Å². The first-order chi connectivity index (χ1) is 9.97. The van der Waals surface area contributed by atoms with Crippen molar-refractivity contribution >= 4 is 17.6 Å². The number of ether oxygens (including phenoxy) is 1. The molecule has 1 atom stereocenters. The summed E-state index contributed by atoms with van der Waals surface area (Å²) in [6, 6.07) is 7.90. The molecule has 6 heteroatoms. The molecule has 0 bridgehead atoms. The fourth-order valence-corrected chi connectivity index (χ4v) is 1.97. The number of benzene rings is 1. The zero-order valence-electron chi connectivity index (χ0n) is 11.5. The van der Waals surface area contributed by atoms with Crippen LogP contribution in [0.2, 0.25) is 5.02 Å². The number of halogens is 1. The van der Waals surface area contributed by atoms with Gasteiger partial charge < -0.3 is 20.0 Å². The summed E-state index contributed by atoms with van der Waals surface area (Å²) in [5, 5.41) is 9.39. The van der Waals surface area contributed by atoms with Gasteiger partial charge in [0.05, 0.1) is 0 Å². The van der Waals surface area contributed by atoms with Gasteiger partial charge >= 0.3 is 5.97 Å². The number of aliphatic carboxylic acids is 1. The highest BCUT2D eigenvalue weighted by Crippen LogP contribution is 2.26. The number of carboxylic acid groups (broad SMARTS) is 1. The molecule has 1 heterocycles. The van der Waals surface area contributed by atoms with Crippen LogP contribution in [0.3, 0.4) is 0 Å². The highest BCUT2D eigenvalue weighted by Gasteiger charge is 2.15. The van der Waals surface area contributed by atoms with E-state index in [9.17, 15) is 4.79 Å². The Hall–Kier alpha value is -1.98. The molecule has 2 rings (SSSR count). The quantitative estimate of drug-likeness (QED) is 0.857. The topological polar surface area (TPSA) is 85.7 Å². The first-order valence-electron chi connectivity index (χ1n) is 6.41. The Kier molecular flexibility index (Phi) is 4.88.